The number of hydrogen-bond donors (Lipinski definition) is 0. The summed E-state index contributed by atoms with van der Waals surface area (Å²) < 4.78 is 77.8. The summed E-state index contributed by atoms with van der Waals surface area (Å²) in [5, 5.41) is 0. The highest BCUT2D eigenvalue weighted by molar-refractivity contribution is 6.02. The van der Waals surface area contributed by atoms with Gasteiger partial charge in [-0.3, -0.25) is 9.59 Å². The van der Waals surface area contributed by atoms with Crippen LogP contribution in [0.5, 0.6) is 0 Å². The van der Waals surface area contributed by atoms with Crippen LogP contribution in [0.4, 0.5) is 22.0 Å². The number of methoxy groups -OCH3 is 2. The summed E-state index contributed by atoms with van der Waals surface area (Å²) in [5.41, 5.74) is 2.73. The van der Waals surface area contributed by atoms with Crippen LogP contribution in [0, 0.1) is 17.3 Å². The maximum absolute atomic E-state index is 13.8. The van der Waals surface area contributed by atoms with Crippen LogP contribution in [0.15, 0.2) is 47.1 Å². The lowest BCUT2D eigenvalue weighted by Crippen LogP contribution is -2.54. The van der Waals surface area contributed by atoms with E-state index in [0.29, 0.717) is 31.8 Å². The molecular weight excluding hydrogens is 519 g/mol. The molecule has 0 spiro atoms. The first-order valence-corrected chi connectivity index (χ1v) is 13.4. The molecule has 212 valence electrons. The van der Waals surface area contributed by atoms with E-state index < -0.39 is 29.0 Å². The van der Waals surface area contributed by atoms with Gasteiger partial charge < -0.3 is 9.47 Å². The number of allylic oxidation sites excluding steroid dienone is 4. The van der Waals surface area contributed by atoms with Crippen LogP contribution in [0.3, 0.4) is 0 Å². The van der Waals surface area contributed by atoms with Crippen molar-refractivity contribution in [2.75, 3.05) is 20.8 Å². The van der Waals surface area contributed by atoms with Crippen LogP contribution in [0.1, 0.15) is 73.7 Å². The number of benzene rings is 1. The average Bonchev–Trinajstić information content (AvgIpc) is 3.19. The summed E-state index contributed by atoms with van der Waals surface area (Å²) in [6.07, 6.45) is 0.962. The van der Waals surface area contributed by atoms with Gasteiger partial charge in [-0.25, -0.2) is 0 Å². The highest BCUT2D eigenvalue weighted by Crippen LogP contribution is 2.67. The Morgan fingerprint density at radius 2 is 1.72 bits per heavy atom. The zero-order chi connectivity index (χ0) is 28.4. The first-order valence-electron chi connectivity index (χ1n) is 13.4. The number of halogens is 5. The second-order valence-electron chi connectivity index (χ2n) is 11.7. The van der Waals surface area contributed by atoms with Crippen LogP contribution in [-0.4, -0.2) is 50.1 Å². The third-order valence-corrected chi connectivity index (χ3v) is 10.0. The van der Waals surface area contributed by atoms with Crippen molar-refractivity contribution in [2.45, 2.75) is 75.5 Å². The summed E-state index contributed by atoms with van der Waals surface area (Å²) in [4.78, 5) is 24.3. The molecule has 0 heterocycles. The largest absolute Gasteiger partial charge is 0.461 e. The molecule has 0 amide bonds. The maximum Gasteiger partial charge on any atom is 0.461 e. The van der Waals surface area contributed by atoms with Crippen LogP contribution >= 0.6 is 0 Å². The fourth-order valence-corrected chi connectivity index (χ4v) is 8.08. The summed E-state index contributed by atoms with van der Waals surface area (Å²) in [5.74, 6) is -7.25. The molecule has 39 heavy (non-hydrogen) atoms. The van der Waals surface area contributed by atoms with Crippen molar-refractivity contribution in [3.8, 4) is 0 Å². The average molecular weight is 553 g/mol. The van der Waals surface area contributed by atoms with E-state index in [1.54, 1.807) is 20.3 Å². The zero-order valence-electron chi connectivity index (χ0n) is 22.3. The second kappa shape index (κ2) is 9.61. The van der Waals surface area contributed by atoms with Gasteiger partial charge in [-0.15, -0.1) is 0 Å². The van der Waals surface area contributed by atoms with E-state index in [1.807, 2.05) is 0 Å². The summed E-state index contributed by atoms with van der Waals surface area (Å²) in [6, 6.07) is 5.15. The van der Waals surface area contributed by atoms with Gasteiger partial charge in [-0.05, 0) is 73.1 Å². The molecule has 4 aliphatic rings. The van der Waals surface area contributed by atoms with E-state index in [9.17, 15) is 31.5 Å². The lowest BCUT2D eigenvalue weighted by atomic mass is 9.51. The molecule has 2 fully saturated rings. The van der Waals surface area contributed by atoms with Crippen LogP contribution in [0.2, 0.25) is 0 Å². The van der Waals surface area contributed by atoms with Gasteiger partial charge in [-0.1, -0.05) is 36.8 Å². The molecule has 1 aromatic carbocycles. The van der Waals surface area contributed by atoms with E-state index in [-0.39, 0.29) is 23.0 Å². The van der Waals surface area contributed by atoms with Gasteiger partial charge in [0.25, 0.3) is 0 Å². The fraction of sp³-hybridized carbons (Fsp3) is 0.600. The third kappa shape index (κ3) is 4.22. The Bertz CT molecular complexity index is 1230. The number of fused-ring (bicyclic) bond motifs is 4. The number of carbonyl (C=O) groups excluding carboxylic acids is 2. The molecule has 5 atom stereocenters. The number of hydrogen-bond acceptors (Lipinski definition) is 4. The van der Waals surface area contributed by atoms with Gasteiger partial charge in [-0.2, -0.15) is 22.0 Å². The molecule has 2 saturated carbocycles. The molecule has 0 saturated heterocycles. The number of ketones is 2. The van der Waals surface area contributed by atoms with Crippen molar-refractivity contribution in [3.05, 3.63) is 58.2 Å². The van der Waals surface area contributed by atoms with Gasteiger partial charge in [0.1, 0.15) is 0 Å². The lowest BCUT2D eigenvalue weighted by molar-refractivity contribution is -0.255. The van der Waals surface area contributed by atoms with E-state index in [2.05, 4.69) is 6.92 Å². The molecule has 0 unspecified atom stereocenters. The number of Topliss-reactive ketones (excluding diaryl/α,β-unsaturated/α-hetero) is 1. The van der Waals surface area contributed by atoms with Crippen molar-refractivity contribution in [2.24, 2.45) is 17.3 Å². The van der Waals surface area contributed by atoms with E-state index in [4.69, 9.17) is 9.47 Å². The summed E-state index contributed by atoms with van der Waals surface area (Å²) in [6.45, 7) is 2.64. The first kappa shape index (κ1) is 28.1. The summed E-state index contributed by atoms with van der Waals surface area (Å²) >= 11 is 0. The predicted octanol–water partition coefficient (Wildman–Crippen LogP) is 7.00. The van der Waals surface area contributed by atoms with Gasteiger partial charge in [0, 0.05) is 37.5 Å². The van der Waals surface area contributed by atoms with E-state index >= 15 is 0 Å². The first-order chi connectivity index (χ1) is 18.3. The molecule has 5 rings (SSSR count). The molecule has 4 aliphatic carbocycles. The Hall–Kier alpha value is -2.39. The Morgan fingerprint density at radius 1 is 1.03 bits per heavy atom. The minimum Gasteiger partial charge on any atom is -0.382 e. The number of ether oxygens (including phenoxy) is 2. The van der Waals surface area contributed by atoms with Crippen molar-refractivity contribution in [1.29, 1.82) is 0 Å². The smallest absolute Gasteiger partial charge is 0.382 e. The van der Waals surface area contributed by atoms with Gasteiger partial charge in [0.15, 0.2) is 5.78 Å². The minimum atomic E-state index is -5.97. The van der Waals surface area contributed by atoms with Gasteiger partial charge >= 0.3 is 12.1 Å². The van der Waals surface area contributed by atoms with Crippen molar-refractivity contribution < 1.29 is 41.0 Å². The monoisotopic (exact) mass is 552 g/mol. The van der Waals surface area contributed by atoms with Gasteiger partial charge in [0.2, 0.25) is 5.78 Å². The number of carbonyl (C=O) groups is 2. The number of rotatable bonds is 6. The normalized spacial score (nSPS) is 32.9. The molecule has 9 heteroatoms. The highest BCUT2D eigenvalue weighted by Gasteiger charge is 2.64. The molecule has 0 N–H and O–H groups in total. The quantitative estimate of drug-likeness (QED) is 0.282. The predicted molar refractivity (Wildman–Crippen MR) is 134 cm³/mol. The third-order valence-electron chi connectivity index (χ3n) is 10.0. The SMILES string of the molecule is COC[C@]1(OC)CC[C@H]2[C@@H]3CCC4=CC(=O)CCC4=C3[C@@H](c3ccc(C(=O)C(F)(F)C(F)(F)F)cc3)C[C@@]21C. The highest BCUT2D eigenvalue weighted by atomic mass is 19.4. The van der Waals surface area contributed by atoms with E-state index in [1.165, 1.54) is 23.3 Å². The van der Waals surface area contributed by atoms with Crippen LogP contribution < -0.4 is 0 Å². The Kier molecular flexibility index (Phi) is 6.94. The Balaban J connectivity index is 1.60. The number of alkyl halides is 5. The summed E-state index contributed by atoms with van der Waals surface area (Å²) in [7, 11) is 3.35. The second-order valence-corrected chi connectivity index (χ2v) is 11.7. The molecule has 4 nitrogen and oxygen atoms in total. The van der Waals surface area contributed by atoms with Crippen LogP contribution in [0.25, 0.3) is 0 Å². The molecule has 0 aliphatic heterocycles. The lowest BCUT2D eigenvalue weighted by Gasteiger charge is -2.55. The Labute approximate surface area is 224 Å². The maximum atomic E-state index is 13.8. The molecule has 0 radical (unpaired) electrons. The van der Waals surface area contributed by atoms with Gasteiger partial charge in [0.05, 0.1) is 12.2 Å². The standard InChI is InChI=1S/C30H33F5O4/c1-27-15-23(17-4-6-18(7-5-17)26(37)29(31,32)30(33,34)35)25-21-11-9-20(36)14-19(21)8-10-22(25)24(27)12-13-28(27,39-3)16-38-2/h4-7,14,22-24H,8-13,15-16H2,1-3H3/t22-,23+,24-,27-,28+/m0/s1. The molecule has 1 aromatic rings. The van der Waals surface area contributed by atoms with Crippen LogP contribution in [-0.2, 0) is 14.3 Å². The molecule has 0 bridgehead atoms. The molecular formula is C30H33F5O4. The van der Waals surface area contributed by atoms with Crippen molar-refractivity contribution in [3.63, 3.8) is 0 Å². The molecule has 0 aromatic heterocycles. The van der Waals surface area contributed by atoms with E-state index in [0.717, 1.165) is 49.0 Å². The Morgan fingerprint density at radius 3 is 2.33 bits per heavy atom. The van der Waals surface area contributed by atoms with Crippen molar-refractivity contribution >= 4 is 11.6 Å². The minimum absolute atomic E-state index is 0.109. The topological polar surface area (TPSA) is 52.6 Å². The zero-order valence-corrected chi connectivity index (χ0v) is 22.3. The fourth-order valence-electron chi connectivity index (χ4n) is 8.08. The van der Waals surface area contributed by atoms with Crippen molar-refractivity contribution in [1.82, 2.24) is 0 Å².